The van der Waals surface area contributed by atoms with Crippen molar-refractivity contribution >= 4 is 22.9 Å². The Morgan fingerprint density at radius 3 is 2.62 bits per heavy atom. The van der Waals surface area contributed by atoms with Gasteiger partial charge in [0.05, 0.1) is 0 Å². The van der Waals surface area contributed by atoms with Crippen LogP contribution >= 0.6 is 22.9 Å². The SMILES string of the molecule is CCN(NI)N[I-]N. The molecule has 0 aromatic carbocycles. The Morgan fingerprint density at radius 1 is 1.88 bits per heavy atom. The first-order valence-corrected chi connectivity index (χ1v) is 5.47. The summed E-state index contributed by atoms with van der Waals surface area (Å²) in [7, 11) is 0. The predicted molar refractivity (Wildman–Crippen MR) is 36.9 cm³/mol. The molecule has 0 heterocycles. The van der Waals surface area contributed by atoms with Crippen LogP contribution in [0.2, 0.25) is 0 Å². The van der Waals surface area contributed by atoms with Crippen LogP contribution < -0.4 is 33.0 Å². The molecule has 0 spiro atoms. The van der Waals surface area contributed by atoms with Gasteiger partial charge in [0.25, 0.3) is 0 Å². The molecule has 0 atom stereocenters. The molecule has 0 aromatic rings. The monoisotopic (exact) mass is 343 g/mol. The zero-order chi connectivity index (χ0) is 6.41. The van der Waals surface area contributed by atoms with E-state index in [-0.39, 0.29) is 21.8 Å². The average molecular weight is 343 g/mol. The van der Waals surface area contributed by atoms with E-state index in [4.69, 9.17) is 3.95 Å². The second-order valence-electron chi connectivity index (χ2n) is 1.02. The maximum absolute atomic E-state index is 5.29. The first kappa shape index (κ1) is 9.30. The van der Waals surface area contributed by atoms with Crippen LogP contribution in [0.25, 0.3) is 0 Å². The van der Waals surface area contributed by atoms with Crippen molar-refractivity contribution < 1.29 is 21.8 Å². The summed E-state index contributed by atoms with van der Waals surface area (Å²) in [4.78, 5) is 0. The molecule has 0 aliphatic heterocycles. The second-order valence-corrected chi connectivity index (χ2v) is 2.61. The fraction of sp³-hybridized carbons (Fsp3) is 1.00. The van der Waals surface area contributed by atoms with E-state index in [0.29, 0.717) is 0 Å². The quantitative estimate of drug-likeness (QED) is 0.282. The third-order valence-corrected chi connectivity index (χ3v) is 2.01. The number of rotatable bonds is 4. The number of hydrazine groups is 2. The third kappa shape index (κ3) is 4.21. The van der Waals surface area contributed by atoms with Crippen LogP contribution in [0.5, 0.6) is 0 Å². The van der Waals surface area contributed by atoms with Crippen LogP contribution in [-0.2, 0) is 0 Å². The van der Waals surface area contributed by atoms with Gasteiger partial charge < -0.3 is 0 Å². The molecule has 6 heteroatoms. The number of nitrogens with one attached hydrogen (secondary N) is 2. The Labute approximate surface area is 74.0 Å². The van der Waals surface area contributed by atoms with Crippen molar-refractivity contribution in [2.75, 3.05) is 6.54 Å². The normalized spacial score (nSPS) is 11.0. The van der Waals surface area contributed by atoms with Crippen LogP contribution in [0.1, 0.15) is 6.92 Å². The van der Waals surface area contributed by atoms with Crippen molar-refractivity contribution in [3.63, 3.8) is 0 Å². The van der Waals surface area contributed by atoms with Gasteiger partial charge in [0.2, 0.25) is 0 Å². The Morgan fingerprint density at radius 2 is 2.50 bits per heavy atom. The maximum atomic E-state index is 5.29. The number of nitrogens with two attached hydrogens (primary N) is 1. The Kier molecular flexibility index (Phi) is 7.46. The summed E-state index contributed by atoms with van der Waals surface area (Å²) in [6, 6.07) is 0. The Hall–Kier alpha value is 1.30. The van der Waals surface area contributed by atoms with Gasteiger partial charge in [-0.15, -0.1) is 0 Å². The van der Waals surface area contributed by atoms with Crippen LogP contribution in [0.15, 0.2) is 0 Å². The standard InChI is InChI=1S/C2H9I2N4/c1-2-8(6-3)7-4-5/h6-7H,2,5H2,1H3/q-1. The summed E-state index contributed by atoms with van der Waals surface area (Å²) in [6.45, 7) is 2.96. The molecule has 0 aliphatic carbocycles. The second kappa shape index (κ2) is 6.42. The summed E-state index contributed by atoms with van der Waals surface area (Å²) in [6.07, 6.45) is 0. The zero-order valence-electron chi connectivity index (χ0n) is 4.49. The molecule has 52 valence electrons. The van der Waals surface area contributed by atoms with E-state index in [1.54, 1.807) is 0 Å². The zero-order valence-corrected chi connectivity index (χ0v) is 8.80. The number of halogens is 2. The molecule has 0 unspecified atom stereocenters. The van der Waals surface area contributed by atoms with E-state index in [1.165, 1.54) is 0 Å². The van der Waals surface area contributed by atoms with Gasteiger partial charge in [-0.3, -0.25) is 0 Å². The minimum atomic E-state index is -0.337. The molecule has 8 heavy (non-hydrogen) atoms. The molecule has 0 saturated carbocycles. The van der Waals surface area contributed by atoms with Gasteiger partial charge >= 0.3 is 74.4 Å². The molecule has 0 bridgehead atoms. The molecule has 0 fully saturated rings. The van der Waals surface area contributed by atoms with Gasteiger partial charge in [-0.25, -0.2) is 0 Å². The summed E-state index contributed by atoms with van der Waals surface area (Å²) < 4.78 is 11.2. The van der Waals surface area contributed by atoms with E-state index in [9.17, 15) is 0 Å². The van der Waals surface area contributed by atoms with Gasteiger partial charge in [-0.2, -0.15) is 0 Å². The fourth-order valence-corrected chi connectivity index (χ4v) is 1.92. The third-order valence-electron chi connectivity index (χ3n) is 0.569. The number of hydrogen-bond donors (Lipinski definition) is 3. The molecule has 0 rings (SSSR count). The minimum absolute atomic E-state index is 0.337. The molecule has 4 N–H and O–H groups in total. The van der Waals surface area contributed by atoms with Gasteiger partial charge in [0, 0.05) is 0 Å². The van der Waals surface area contributed by atoms with Crippen LogP contribution in [-0.4, -0.2) is 11.7 Å². The van der Waals surface area contributed by atoms with E-state index < -0.39 is 0 Å². The molecule has 0 radical (unpaired) electrons. The Balaban J connectivity index is 3.07. The molecular weight excluding hydrogens is 334 g/mol. The van der Waals surface area contributed by atoms with Crippen LogP contribution in [0.4, 0.5) is 0 Å². The van der Waals surface area contributed by atoms with E-state index in [1.807, 2.05) is 34.9 Å². The Bertz CT molecular complexity index is 47.3. The van der Waals surface area contributed by atoms with Crippen molar-refractivity contribution in [2.45, 2.75) is 6.92 Å². The molecule has 4 nitrogen and oxygen atoms in total. The van der Waals surface area contributed by atoms with Crippen LogP contribution in [0, 0.1) is 0 Å². The van der Waals surface area contributed by atoms with Gasteiger partial charge in [-0.05, 0) is 0 Å². The van der Waals surface area contributed by atoms with Crippen molar-refractivity contribution in [3.8, 4) is 0 Å². The van der Waals surface area contributed by atoms with Crippen LogP contribution in [0.3, 0.4) is 0 Å². The summed E-state index contributed by atoms with van der Waals surface area (Å²) in [5.74, 6) is 0. The molecular formula is C2H9I2N4-. The first-order chi connectivity index (χ1) is 3.85. The first-order valence-electron chi connectivity index (χ1n) is 2.07. The summed E-state index contributed by atoms with van der Waals surface area (Å²) >= 11 is 1.71. The van der Waals surface area contributed by atoms with Gasteiger partial charge in [-0.1, -0.05) is 0 Å². The van der Waals surface area contributed by atoms with Crippen molar-refractivity contribution in [1.29, 1.82) is 0 Å². The molecule has 0 aliphatic rings. The molecule has 0 saturated heterocycles. The van der Waals surface area contributed by atoms with Gasteiger partial charge in [0.15, 0.2) is 0 Å². The summed E-state index contributed by atoms with van der Waals surface area (Å²) in [5.41, 5.74) is 0. The summed E-state index contributed by atoms with van der Waals surface area (Å²) in [5, 5.41) is 1.84. The average Bonchev–Trinajstić information content (AvgIpc) is 1.83. The topological polar surface area (TPSA) is 53.3 Å². The van der Waals surface area contributed by atoms with Crippen molar-refractivity contribution in [1.82, 2.24) is 12.4 Å². The van der Waals surface area contributed by atoms with E-state index >= 15 is 0 Å². The predicted octanol–water partition coefficient (Wildman–Crippen LogP) is -3.45. The molecule has 0 aromatic heterocycles. The van der Waals surface area contributed by atoms with E-state index in [0.717, 1.165) is 6.54 Å². The van der Waals surface area contributed by atoms with E-state index in [2.05, 4.69) is 7.28 Å². The van der Waals surface area contributed by atoms with Gasteiger partial charge in [0.1, 0.15) is 0 Å². The number of hydrogen-bond acceptors (Lipinski definition) is 4. The van der Waals surface area contributed by atoms with Crippen molar-refractivity contribution in [3.05, 3.63) is 0 Å². The molecule has 0 amide bonds. The fourth-order valence-electron chi connectivity index (χ4n) is 0.194. The number of nitrogens with zero attached hydrogens (tertiary/aromatic N) is 1. The van der Waals surface area contributed by atoms with Crippen molar-refractivity contribution in [2.24, 2.45) is 3.95 Å².